The molecule has 110 valence electrons. The maximum Gasteiger partial charge on any atom is 0.317 e. The molecule has 1 aliphatic rings. The molecule has 1 heterocycles. The molecule has 0 spiro atoms. The van der Waals surface area contributed by atoms with Crippen LogP contribution in [-0.2, 0) is 14.2 Å². The van der Waals surface area contributed by atoms with E-state index in [9.17, 15) is 14.2 Å². The van der Waals surface area contributed by atoms with Crippen LogP contribution >= 0.6 is 7.95 Å². The summed E-state index contributed by atoms with van der Waals surface area (Å²) in [6, 6.07) is 0. The Balaban J connectivity index is 2.88. The molecule has 0 aromatic carbocycles. The van der Waals surface area contributed by atoms with Gasteiger partial charge < -0.3 is 9.67 Å². The maximum atomic E-state index is 12.3. The highest BCUT2D eigenvalue weighted by Crippen LogP contribution is 2.40. The van der Waals surface area contributed by atoms with Gasteiger partial charge in [-0.15, -0.1) is 0 Å². The quantitative estimate of drug-likeness (QED) is 0.278. The number of hydrogen-bond donors (Lipinski definition) is 4. The van der Waals surface area contributed by atoms with Crippen LogP contribution in [0.25, 0.3) is 0 Å². The molecule has 1 fully saturated rings. The predicted octanol–water partition coefficient (Wildman–Crippen LogP) is -0.673. The molecule has 0 aromatic rings. The van der Waals surface area contributed by atoms with E-state index in [2.05, 4.69) is 10.4 Å². The number of carbonyl (C=O) groups excluding carboxylic acids is 1. The molecule has 5 N–H and O–H groups in total. The van der Waals surface area contributed by atoms with Crippen LogP contribution in [0.15, 0.2) is 0 Å². The lowest BCUT2D eigenvalue weighted by molar-refractivity contribution is -0.138. The van der Waals surface area contributed by atoms with Crippen molar-refractivity contribution in [3.63, 3.8) is 0 Å². The van der Waals surface area contributed by atoms with Crippen molar-refractivity contribution < 1.29 is 19.3 Å². The summed E-state index contributed by atoms with van der Waals surface area (Å²) in [5.41, 5.74) is 0. The molecule has 2 atom stereocenters. The zero-order valence-electron chi connectivity index (χ0n) is 10.9. The van der Waals surface area contributed by atoms with Crippen LogP contribution in [-0.4, -0.2) is 46.9 Å². The second-order valence-electron chi connectivity index (χ2n) is 4.51. The molecule has 0 saturated carbocycles. The Labute approximate surface area is 112 Å². The highest BCUT2D eigenvalue weighted by atomic mass is 31.1. The lowest BCUT2D eigenvalue weighted by Gasteiger charge is -2.39. The van der Waals surface area contributed by atoms with E-state index < -0.39 is 31.7 Å². The van der Waals surface area contributed by atoms with Crippen molar-refractivity contribution >= 4 is 19.8 Å². The third-order valence-electron chi connectivity index (χ3n) is 3.04. The number of carboxylic acid groups (broad SMARTS) is 1. The summed E-state index contributed by atoms with van der Waals surface area (Å²) < 4.78 is 12.3. The van der Waals surface area contributed by atoms with Crippen LogP contribution in [0.4, 0.5) is 0 Å². The van der Waals surface area contributed by atoms with Gasteiger partial charge in [0.1, 0.15) is 0 Å². The Morgan fingerprint density at radius 1 is 1.63 bits per heavy atom. The average molecular weight is 292 g/mol. The number of aliphatic carboxylic acids is 1. The van der Waals surface area contributed by atoms with E-state index in [0.717, 1.165) is 11.4 Å². The van der Waals surface area contributed by atoms with Crippen molar-refractivity contribution in [3.8, 4) is 0 Å². The SMILES string of the molecule is CCCN[C@]1([PH](=O)NCC(=O)O)CCCN(N)C1=O. The normalized spacial score (nSPS) is 25.4. The smallest absolute Gasteiger partial charge is 0.317 e. The Kier molecular flexibility index (Phi) is 5.93. The van der Waals surface area contributed by atoms with Crippen LogP contribution in [0.3, 0.4) is 0 Å². The zero-order valence-corrected chi connectivity index (χ0v) is 11.9. The first-order valence-corrected chi connectivity index (χ1v) is 7.66. The number of hydrogen-bond acceptors (Lipinski definition) is 5. The number of nitrogens with two attached hydrogens (primary N) is 1. The topological polar surface area (TPSA) is 125 Å². The molecule has 9 heteroatoms. The summed E-state index contributed by atoms with van der Waals surface area (Å²) in [4.78, 5) is 22.7. The summed E-state index contributed by atoms with van der Waals surface area (Å²) in [5, 5.41) is 13.8. The third-order valence-corrected chi connectivity index (χ3v) is 4.96. The summed E-state index contributed by atoms with van der Waals surface area (Å²) in [7, 11) is -2.66. The highest BCUT2D eigenvalue weighted by molar-refractivity contribution is 7.45. The Hall–Kier alpha value is -0.950. The van der Waals surface area contributed by atoms with Crippen molar-refractivity contribution in [2.24, 2.45) is 5.84 Å². The van der Waals surface area contributed by atoms with Gasteiger partial charge in [0, 0.05) is 6.54 Å². The fourth-order valence-corrected chi connectivity index (χ4v) is 3.71. The van der Waals surface area contributed by atoms with E-state index in [1.807, 2.05) is 6.92 Å². The lowest BCUT2D eigenvalue weighted by Crippen LogP contribution is -2.62. The van der Waals surface area contributed by atoms with Gasteiger partial charge in [0.25, 0.3) is 5.91 Å². The first kappa shape index (κ1) is 16.1. The van der Waals surface area contributed by atoms with E-state index in [1.54, 1.807) is 0 Å². The summed E-state index contributed by atoms with van der Waals surface area (Å²) in [6.45, 7) is 2.43. The van der Waals surface area contributed by atoms with E-state index in [-0.39, 0.29) is 0 Å². The van der Waals surface area contributed by atoms with E-state index in [1.165, 1.54) is 0 Å². The Morgan fingerprint density at radius 3 is 2.89 bits per heavy atom. The van der Waals surface area contributed by atoms with Gasteiger partial charge in [-0.25, -0.2) is 5.84 Å². The predicted molar refractivity (Wildman–Crippen MR) is 70.8 cm³/mol. The summed E-state index contributed by atoms with van der Waals surface area (Å²) in [6.07, 6.45) is 1.79. The summed E-state index contributed by atoms with van der Waals surface area (Å²) in [5.74, 6) is 4.05. The molecule has 8 nitrogen and oxygen atoms in total. The molecule has 0 aromatic heterocycles. The van der Waals surface area contributed by atoms with Gasteiger partial charge in [-0.2, -0.15) is 0 Å². The fraction of sp³-hybridized carbons (Fsp3) is 0.800. The van der Waals surface area contributed by atoms with Crippen molar-refractivity contribution in [3.05, 3.63) is 0 Å². The van der Waals surface area contributed by atoms with Gasteiger partial charge in [-0.3, -0.25) is 25.0 Å². The molecular weight excluding hydrogens is 271 g/mol. The van der Waals surface area contributed by atoms with Gasteiger partial charge in [0.05, 0.1) is 6.54 Å². The number of carbonyl (C=O) groups is 2. The first-order chi connectivity index (χ1) is 8.94. The molecule has 19 heavy (non-hydrogen) atoms. The number of nitrogens with zero attached hydrogens (tertiary/aromatic N) is 1. The molecule has 0 radical (unpaired) electrons. The minimum Gasteiger partial charge on any atom is -0.480 e. The molecule has 1 unspecified atom stereocenters. The molecule has 0 bridgehead atoms. The van der Waals surface area contributed by atoms with E-state index >= 15 is 0 Å². The minimum atomic E-state index is -2.66. The molecule has 1 amide bonds. The number of carboxylic acids is 1. The van der Waals surface area contributed by atoms with Crippen LogP contribution in [0.2, 0.25) is 0 Å². The number of rotatable bonds is 7. The van der Waals surface area contributed by atoms with Crippen molar-refractivity contribution in [2.45, 2.75) is 31.5 Å². The Morgan fingerprint density at radius 2 is 2.32 bits per heavy atom. The van der Waals surface area contributed by atoms with Gasteiger partial charge in [0.15, 0.2) is 13.2 Å². The van der Waals surface area contributed by atoms with Crippen molar-refractivity contribution in [1.82, 2.24) is 15.4 Å². The van der Waals surface area contributed by atoms with E-state index in [0.29, 0.717) is 25.9 Å². The molecule has 1 rings (SSSR count). The van der Waals surface area contributed by atoms with Crippen LogP contribution < -0.4 is 16.2 Å². The molecule has 0 aliphatic carbocycles. The van der Waals surface area contributed by atoms with Gasteiger partial charge in [-0.05, 0) is 25.8 Å². The lowest BCUT2D eigenvalue weighted by atomic mass is 10.1. The number of nitrogens with one attached hydrogen (secondary N) is 2. The van der Waals surface area contributed by atoms with Crippen molar-refractivity contribution in [1.29, 1.82) is 0 Å². The second kappa shape index (κ2) is 7.00. The summed E-state index contributed by atoms with van der Waals surface area (Å²) >= 11 is 0. The fourth-order valence-electron chi connectivity index (χ4n) is 2.07. The van der Waals surface area contributed by atoms with Crippen LogP contribution in [0.5, 0.6) is 0 Å². The first-order valence-electron chi connectivity index (χ1n) is 6.26. The molecular formula is C10H21N4O4P. The average Bonchev–Trinajstić information content (AvgIpc) is 2.38. The maximum absolute atomic E-state index is 12.3. The molecule has 1 saturated heterocycles. The number of amides is 1. The third kappa shape index (κ3) is 3.76. The largest absolute Gasteiger partial charge is 0.480 e. The standard InChI is InChI=1S/C10H21N4O4P/c1-2-5-12-10(19(18)13-7-8(15)16)4-3-6-14(11)9(10)17/h12,19H,2-7,11H2,1H3,(H,13,18)(H,15,16)/t10-/m0/s1. The van der Waals surface area contributed by atoms with Gasteiger partial charge >= 0.3 is 5.97 Å². The van der Waals surface area contributed by atoms with Crippen LogP contribution in [0, 0.1) is 0 Å². The van der Waals surface area contributed by atoms with Gasteiger partial charge in [0.2, 0.25) is 0 Å². The van der Waals surface area contributed by atoms with Gasteiger partial charge in [-0.1, -0.05) is 6.92 Å². The second-order valence-corrected chi connectivity index (χ2v) is 6.38. The number of hydrazine groups is 1. The molecule has 1 aliphatic heterocycles. The van der Waals surface area contributed by atoms with Crippen molar-refractivity contribution in [2.75, 3.05) is 19.6 Å². The highest BCUT2D eigenvalue weighted by Gasteiger charge is 2.47. The Bertz CT molecular complexity index is 379. The monoisotopic (exact) mass is 292 g/mol. The number of piperidine rings is 1. The van der Waals surface area contributed by atoms with E-state index in [4.69, 9.17) is 10.9 Å². The zero-order chi connectivity index (χ0) is 14.5. The minimum absolute atomic E-state index is 0.393. The van der Waals surface area contributed by atoms with Crippen LogP contribution in [0.1, 0.15) is 26.2 Å².